The van der Waals surface area contributed by atoms with Gasteiger partial charge in [-0.25, -0.2) is 0 Å². The highest BCUT2D eigenvalue weighted by Crippen LogP contribution is 2.47. The molecular formula is C29H31N3O2. The first-order valence-electron chi connectivity index (χ1n) is 12.4. The van der Waals surface area contributed by atoms with Crippen molar-refractivity contribution >= 4 is 28.3 Å². The van der Waals surface area contributed by atoms with E-state index in [1.807, 2.05) is 36.1 Å². The minimum absolute atomic E-state index is 0.0637. The lowest BCUT2D eigenvalue weighted by molar-refractivity contribution is -0.129. The van der Waals surface area contributed by atoms with Gasteiger partial charge in [-0.1, -0.05) is 54.6 Å². The molecule has 3 aromatic rings. The minimum Gasteiger partial charge on any atom is -0.359 e. The molecule has 1 unspecified atom stereocenters. The summed E-state index contributed by atoms with van der Waals surface area (Å²) in [7, 11) is 1.63. The molecule has 2 aliphatic heterocycles. The molecule has 0 aromatic heterocycles. The van der Waals surface area contributed by atoms with Crippen molar-refractivity contribution in [2.45, 2.75) is 50.1 Å². The predicted molar refractivity (Wildman–Crippen MR) is 135 cm³/mol. The van der Waals surface area contributed by atoms with Crippen molar-refractivity contribution in [2.75, 3.05) is 25.0 Å². The van der Waals surface area contributed by atoms with Gasteiger partial charge in [0.1, 0.15) is 0 Å². The first-order chi connectivity index (χ1) is 16.5. The first-order valence-corrected chi connectivity index (χ1v) is 12.4. The van der Waals surface area contributed by atoms with Gasteiger partial charge in [-0.05, 0) is 59.7 Å². The number of piperidine rings is 1. The Morgan fingerprint density at radius 2 is 1.76 bits per heavy atom. The second-order valence-corrected chi connectivity index (χ2v) is 10.2. The highest BCUT2D eigenvalue weighted by molar-refractivity contribution is 6.10. The zero-order chi connectivity index (χ0) is 23.4. The van der Waals surface area contributed by atoms with Gasteiger partial charge in [0.05, 0.1) is 5.41 Å². The quantitative estimate of drug-likeness (QED) is 0.639. The van der Waals surface area contributed by atoms with Gasteiger partial charge >= 0.3 is 0 Å². The maximum absolute atomic E-state index is 13.8. The summed E-state index contributed by atoms with van der Waals surface area (Å²) >= 11 is 0. The van der Waals surface area contributed by atoms with Crippen LogP contribution in [0.2, 0.25) is 0 Å². The molecule has 0 spiro atoms. The molecule has 1 fully saturated rings. The third kappa shape index (κ3) is 3.10. The summed E-state index contributed by atoms with van der Waals surface area (Å²) in [6.07, 6.45) is 3.13. The van der Waals surface area contributed by atoms with Gasteiger partial charge < -0.3 is 10.2 Å². The summed E-state index contributed by atoms with van der Waals surface area (Å²) < 4.78 is 0. The standard InChI is InChI=1S/C29H31N3O2/c1-29(18-26(33)30-2)23-11-3-4-12-24(23)32(28(29)34)21-13-15-31(16-14-21)25-17-20-9-5-7-19-8-6-10-22(25)27(19)20/h3-12,21,25H,13-18H2,1-2H3,(H,30,33)/t25?,29-/m1/s1. The Hall–Kier alpha value is -3.18. The number of nitrogens with zero attached hydrogens (tertiary/aromatic N) is 2. The molecule has 0 saturated carbocycles. The Morgan fingerprint density at radius 3 is 2.53 bits per heavy atom. The number of fused-ring (bicyclic) bond motifs is 1. The summed E-state index contributed by atoms with van der Waals surface area (Å²) in [5.74, 6) is -0.0360. The fourth-order valence-electron chi connectivity index (χ4n) is 6.58. The number of likely N-dealkylation sites (tertiary alicyclic amines) is 1. The number of hydrogen-bond acceptors (Lipinski definition) is 3. The molecule has 6 rings (SSSR count). The summed E-state index contributed by atoms with van der Waals surface area (Å²) in [4.78, 5) is 30.7. The number of benzene rings is 3. The number of nitrogens with one attached hydrogen (secondary N) is 1. The summed E-state index contributed by atoms with van der Waals surface area (Å²) in [6, 6.07) is 21.9. The van der Waals surface area contributed by atoms with Crippen molar-refractivity contribution in [1.29, 1.82) is 0 Å². The van der Waals surface area contributed by atoms with E-state index in [4.69, 9.17) is 0 Å². The van der Waals surface area contributed by atoms with Crippen molar-refractivity contribution < 1.29 is 9.59 Å². The Bertz CT molecular complexity index is 1290. The van der Waals surface area contributed by atoms with Crippen LogP contribution in [0.25, 0.3) is 10.8 Å². The van der Waals surface area contributed by atoms with Gasteiger partial charge in [0.2, 0.25) is 11.8 Å². The summed E-state index contributed by atoms with van der Waals surface area (Å²) in [5, 5.41) is 5.47. The molecule has 34 heavy (non-hydrogen) atoms. The van der Waals surface area contributed by atoms with E-state index in [0.717, 1.165) is 43.6 Å². The van der Waals surface area contributed by atoms with E-state index in [1.54, 1.807) is 7.05 Å². The molecule has 2 atom stereocenters. The number of carbonyl (C=O) groups is 2. The molecule has 1 saturated heterocycles. The molecule has 174 valence electrons. The second-order valence-electron chi connectivity index (χ2n) is 10.2. The molecule has 1 aliphatic carbocycles. The van der Waals surface area contributed by atoms with Crippen LogP contribution in [0.1, 0.15) is 48.9 Å². The highest BCUT2D eigenvalue weighted by atomic mass is 16.2. The molecular weight excluding hydrogens is 422 g/mol. The predicted octanol–water partition coefficient (Wildman–Crippen LogP) is 4.34. The van der Waals surface area contributed by atoms with Crippen molar-refractivity contribution in [3.63, 3.8) is 0 Å². The summed E-state index contributed by atoms with van der Waals surface area (Å²) in [5.41, 5.74) is 4.05. The normalized spacial score (nSPS) is 24.6. The SMILES string of the molecule is CNC(=O)C[C@@]1(C)C(=O)N(C2CCN(C3Cc4cccc5cccc3c45)CC2)c2ccccc21. The monoisotopic (exact) mass is 453 g/mol. The number of para-hydroxylation sites is 1. The summed E-state index contributed by atoms with van der Waals surface area (Å²) in [6.45, 7) is 3.87. The van der Waals surface area contributed by atoms with Crippen molar-refractivity contribution in [2.24, 2.45) is 0 Å². The third-order valence-electron chi connectivity index (χ3n) is 8.34. The van der Waals surface area contributed by atoms with Crippen LogP contribution in [0.3, 0.4) is 0 Å². The largest absolute Gasteiger partial charge is 0.359 e. The number of carbonyl (C=O) groups excluding carboxylic acids is 2. The van der Waals surface area contributed by atoms with Crippen molar-refractivity contribution in [3.05, 3.63) is 77.4 Å². The van der Waals surface area contributed by atoms with Gasteiger partial charge in [-0.15, -0.1) is 0 Å². The highest BCUT2D eigenvalue weighted by Gasteiger charge is 2.50. The van der Waals surface area contributed by atoms with Crippen LogP contribution >= 0.6 is 0 Å². The maximum Gasteiger partial charge on any atom is 0.238 e. The van der Waals surface area contributed by atoms with Crippen molar-refractivity contribution in [3.8, 4) is 0 Å². The Morgan fingerprint density at radius 1 is 1.03 bits per heavy atom. The van der Waals surface area contributed by atoms with E-state index in [1.165, 1.54) is 21.9 Å². The Kier molecular flexibility index (Phi) is 4.99. The van der Waals surface area contributed by atoms with E-state index >= 15 is 0 Å². The third-order valence-corrected chi connectivity index (χ3v) is 8.34. The molecule has 0 radical (unpaired) electrons. The van der Waals surface area contributed by atoms with E-state index in [9.17, 15) is 9.59 Å². The second kappa shape index (κ2) is 7.95. The van der Waals surface area contributed by atoms with E-state index < -0.39 is 5.41 Å². The van der Waals surface area contributed by atoms with Crippen LogP contribution in [0.15, 0.2) is 60.7 Å². The molecule has 5 heteroatoms. The van der Waals surface area contributed by atoms with Gasteiger partial charge in [0.15, 0.2) is 0 Å². The van der Waals surface area contributed by atoms with E-state index in [0.29, 0.717) is 6.04 Å². The van der Waals surface area contributed by atoms with Crippen LogP contribution in [0.4, 0.5) is 5.69 Å². The lowest BCUT2D eigenvalue weighted by Gasteiger charge is -2.40. The Balaban J connectivity index is 1.23. The molecule has 3 aliphatic rings. The molecule has 0 bridgehead atoms. The fourth-order valence-corrected chi connectivity index (χ4v) is 6.58. The van der Waals surface area contributed by atoms with Gasteiger partial charge in [-0.3, -0.25) is 14.5 Å². The van der Waals surface area contributed by atoms with Gasteiger partial charge in [0.25, 0.3) is 0 Å². The van der Waals surface area contributed by atoms with Gasteiger partial charge in [-0.2, -0.15) is 0 Å². The van der Waals surface area contributed by atoms with Crippen LogP contribution in [0.5, 0.6) is 0 Å². The lowest BCUT2D eigenvalue weighted by atomic mass is 9.80. The van der Waals surface area contributed by atoms with Crippen LogP contribution in [-0.2, 0) is 21.4 Å². The zero-order valence-corrected chi connectivity index (χ0v) is 19.9. The molecule has 2 amide bonds. The molecule has 3 aromatic carbocycles. The molecule has 2 heterocycles. The topological polar surface area (TPSA) is 52.7 Å². The van der Waals surface area contributed by atoms with Crippen LogP contribution in [-0.4, -0.2) is 42.9 Å². The molecule has 1 N–H and O–H groups in total. The minimum atomic E-state index is -0.809. The van der Waals surface area contributed by atoms with E-state index in [2.05, 4.69) is 46.6 Å². The smallest absolute Gasteiger partial charge is 0.238 e. The van der Waals surface area contributed by atoms with E-state index in [-0.39, 0.29) is 24.3 Å². The number of amides is 2. The maximum atomic E-state index is 13.8. The number of rotatable bonds is 4. The van der Waals surface area contributed by atoms with Crippen molar-refractivity contribution in [1.82, 2.24) is 10.2 Å². The Labute approximate surface area is 200 Å². The lowest BCUT2D eigenvalue weighted by Crippen LogP contribution is -2.50. The number of anilines is 1. The number of hydrogen-bond donors (Lipinski definition) is 1. The van der Waals surface area contributed by atoms with Crippen LogP contribution in [0, 0.1) is 0 Å². The molecule has 5 nitrogen and oxygen atoms in total. The first kappa shape index (κ1) is 21.4. The average Bonchev–Trinajstić information content (AvgIpc) is 3.34. The van der Waals surface area contributed by atoms with Crippen LogP contribution < -0.4 is 10.2 Å². The zero-order valence-electron chi connectivity index (χ0n) is 19.9. The fraction of sp³-hybridized carbons (Fsp3) is 0.379. The average molecular weight is 454 g/mol. The van der Waals surface area contributed by atoms with Gasteiger partial charge in [0, 0.05) is 44.3 Å².